The molecule has 1 fully saturated rings. The van der Waals surface area contributed by atoms with Gasteiger partial charge in [0.25, 0.3) is 10.0 Å². The Balaban J connectivity index is 2.49. The van der Waals surface area contributed by atoms with Crippen LogP contribution in [0.25, 0.3) is 0 Å². The summed E-state index contributed by atoms with van der Waals surface area (Å²) in [6, 6.07) is 2.11. The van der Waals surface area contributed by atoms with E-state index >= 15 is 0 Å². The van der Waals surface area contributed by atoms with Crippen LogP contribution in [0.3, 0.4) is 0 Å². The normalized spacial score (nSPS) is 17.5. The molecule has 2 N–H and O–H groups in total. The highest BCUT2D eigenvalue weighted by Crippen LogP contribution is 2.29. The zero-order valence-corrected chi connectivity index (χ0v) is 11.1. The molecule has 1 aromatic carbocycles. The Morgan fingerprint density at radius 1 is 1.47 bits per heavy atom. The summed E-state index contributed by atoms with van der Waals surface area (Å²) in [7, 11) is -3.97. The Morgan fingerprint density at radius 3 is 2.76 bits per heavy atom. The van der Waals surface area contributed by atoms with E-state index in [0.717, 1.165) is 16.6 Å². The minimum Gasteiger partial charge on any atom is -0.398 e. The molecule has 1 aliphatic rings. The number of nitrogen functional groups attached to an aromatic ring is 1. The molecule has 2 rings (SSSR count). The standard InChI is InChI=1S/C9H10BrFN2O3S/c10-6-4-7(11)9(5-8(6)12)17(14,15)13-2-1-3-16-13/h4-5H,1-3,12H2. The summed E-state index contributed by atoms with van der Waals surface area (Å²) < 4.78 is 38.8. The van der Waals surface area contributed by atoms with Crippen molar-refractivity contribution in [3.8, 4) is 0 Å². The van der Waals surface area contributed by atoms with E-state index < -0.39 is 20.7 Å². The van der Waals surface area contributed by atoms with Gasteiger partial charge < -0.3 is 5.73 Å². The van der Waals surface area contributed by atoms with Crippen LogP contribution in [0.15, 0.2) is 21.5 Å². The van der Waals surface area contributed by atoms with Crippen molar-refractivity contribution >= 4 is 31.6 Å². The van der Waals surface area contributed by atoms with Crippen molar-refractivity contribution in [1.82, 2.24) is 4.47 Å². The monoisotopic (exact) mass is 324 g/mol. The lowest BCUT2D eigenvalue weighted by Gasteiger charge is -2.15. The zero-order valence-electron chi connectivity index (χ0n) is 8.69. The molecular weight excluding hydrogens is 315 g/mol. The van der Waals surface area contributed by atoms with E-state index in [1.54, 1.807) is 0 Å². The van der Waals surface area contributed by atoms with Gasteiger partial charge in [-0.25, -0.2) is 12.8 Å². The summed E-state index contributed by atoms with van der Waals surface area (Å²) in [5, 5.41) is 0. The fraction of sp³-hybridized carbons (Fsp3) is 0.333. The first-order valence-electron chi connectivity index (χ1n) is 4.83. The molecule has 17 heavy (non-hydrogen) atoms. The fourth-order valence-corrected chi connectivity index (χ4v) is 3.17. The van der Waals surface area contributed by atoms with Crippen molar-refractivity contribution in [2.75, 3.05) is 18.9 Å². The molecule has 94 valence electrons. The Morgan fingerprint density at radius 2 is 2.18 bits per heavy atom. The first-order chi connectivity index (χ1) is 7.93. The van der Waals surface area contributed by atoms with Gasteiger partial charge in [-0.05, 0) is 34.5 Å². The predicted octanol–water partition coefficient (Wildman–Crippen LogP) is 1.50. The molecule has 0 saturated carbocycles. The van der Waals surface area contributed by atoms with Crippen molar-refractivity contribution in [2.24, 2.45) is 0 Å². The number of rotatable bonds is 2. The minimum absolute atomic E-state index is 0.157. The molecule has 1 heterocycles. The average molecular weight is 325 g/mol. The molecule has 0 radical (unpaired) electrons. The first-order valence-corrected chi connectivity index (χ1v) is 7.06. The summed E-state index contributed by atoms with van der Waals surface area (Å²) in [5.41, 5.74) is 5.70. The van der Waals surface area contributed by atoms with Gasteiger partial charge in [-0.15, -0.1) is 0 Å². The molecule has 0 bridgehead atoms. The number of halogens is 2. The molecule has 0 spiro atoms. The molecule has 5 nitrogen and oxygen atoms in total. The van der Waals surface area contributed by atoms with Crippen molar-refractivity contribution in [1.29, 1.82) is 0 Å². The third kappa shape index (κ3) is 2.30. The molecule has 0 amide bonds. The third-order valence-electron chi connectivity index (χ3n) is 2.32. The number of hydrogen-bond acceptors (Lipinski definition) is 4. The van der Waals surface area contributed by atoms with E-state index in [-0.39, 0.29) is 12.2 Å². The van der Waals surface area contributed by atoms with E-state index in [2.05, 4.69) is 15.9 Å². The molecule has 0 unspecified atom stereocenters. The van der Waals surface area contributed by atoms with Crippen LogP contribution in [-0.4, -0.2) is 26.0 Å². The van der Waals surface area contributed by atoms with E-state index in [0.29, 0.717) is 17.5 Å². The molecule has 1 aliphatic heterocycles. The van der Waals surface area contributed by atoms with E-state index in [4.69, 9.17) is 10.6 Å². The van der Waals surface area contributed by atoms with Crippen molar-refractivity contribution in [3.63, 3.8) is 0 Å². The third-order valence-corrected chi connectivity index (χ3v) is 4.70. The predicted molar refractivity (Wildman–Crippen MR) is 63.0 cm³/mol. The Hall–Kier alpha value is -0.700. The molecular formula is C9H10BrFN2O3S. The quantitative estimate of drug-likeness (QED) is 0.837. The molecule has 0 aliphatic carbocycles. The van der Waals surface area contributed by atoms with Gasteiger partial charge in [-0.1, -0.05) is 4.47 Å². The Kier molecular flexibility index (Phi) is 3.39. The highest BCUT2D eigenvalue weighted by atomic mass is 79.9. The Bertz CT molecular complexity index is 543. The van der Waals surface area contributed by atoms with Crippen LogP contribution in [0.1, 0.15) is 6.42 Å². The van der Waals surface area contributed by atoms with Crippen LogP contribution in [0.5, 0.6) is 0 Å². The molecule has 1 saturated heterocycles. The number of hydrogen-bond donors (Lipinski definition) is 1. The van der Waals surface area contributed by atoms with Crippen LogP contribution >= 0.6 is 15.9 Å². The maximum atomic E-state index is 13.6. The van der Waals surface area contributed by atoms with Gasteiger partial charge in [0, 0.05) is 16.7 Å². The molecule has 8 heteroatoms. The van der Waals surface area contributed by atoms with Gasteiger partial charge in [0.15, 0.2) is 0 Å². The zero-order chi connectivity index (χ0) is 12.6. The maximum Gasteiger partial charge on any atom is 0.267 e. The van der Waals surface area contributed by atoms with Gasteiger partial charge in [-0.3, -0.25) is 4.84 Å². The van der Waals surface area contributed by atoms with E-state index in [9.17, 15) is 12.8 Å². The topological polar surface area (TPSA) is 72.6 Å². The number of nitrogens with zero attached hydrogens (tertiary/aromatic N) is 1. The molecule has 1 aromatic rings. The number of hydroxylamine groups is 1. The van der Waals surface area contributed by atoms with Crippen LogP contribution < -0.4 is 5.73 Å². The Labute approximate surface area is 106 Å². The van der Waals surface area contributed by atoms with Gasteiger partial charge in [0.1, 0.15) is 10.7 Å². The largest absolute Gasteiger partial charge is 0.398 e. The van der Waals surface area contributed by atoms with Crippen LogP contribution in [-0.2, 0) is 14.9 Å². The van der Waals surface area contributed by atoms with Crippen molar-refractivity contribution < 1.29 is 17.6 Å². The lowest BCUT2D eigenvalue weighted by molar-refractivity contribution is -0.0286. The second-order valence-electron chi connectivity index (χ2n) is 3.52. The summed E-state index contributed by atoms with van der Waals surface area (Å²) in [4.78, 5) is 4.45. The number of nitrogens with two attached hydrogens (primary N) is 1. The summed E-state index contributed by atoms with van der Waals surface area (Å²) in [5.74, 6) is -0.860. The fourth-order valence-electron chi connectivity index (χ4n) is 1.47. The summed E-state index contributed by atoms with van der Waals surface area (Å²) in [6.45, 7) is 0.532. The maximum absolute atomic E-state index is 13.6. The number of anilines is 1. The second-order valence-corrected chi connectivity index (χ2v) is 6.17. The highest BCUT2D eigenvalue weighted by Gasteiger charge is 2.31. The summed E-state index contributed by atoms with van der Waals surface area (Å²) >= 11 is 3.03. The first kappa shape index (κ1) is 12.7. The average Bonchev–Trinajstić information content (AvgIpc) is 2.77. The van der Waals surface area contributed by atoms with Crippen LogP contribution in [0.4, 0.5) is 10.1 Å². The van der Waals surface area contributed by atoms with Crippen LogP contribution in [0, 0.1) is 5.82 Å². The minimum atomic E-state index is -3.97. The molecule has 0 atom stereocenters. The summed E-state index contributed by atoms with van der Waals surface area (Å²) in [6.07, 6.45) is 0.590. The highest BCUT2D eigenvalue weighted by molar-refractivity contribution is 9.10. The number of benzene rings is 1. The smallest absolute Gasteiger partial charge is 0.267 e. The van der Waals surface area contributed by atoms with E-state index in [1.165, 1.54) is 0 Å². The van der Waals surface area contributed by atoms with Crippen LogP contribution in [0.2, 0.25) is 0 Å². The van der Waals surface area contributed by atoms with E-state index in [1.807, 2.05) is 0 Å². The SMILES string of the molecule is Nc1cc(S(=O)(=O)N2CCCO2)c(F)cc1Br. The van der Waals surface area contributed by atoms with Crippen molar-refractivity contribution in [3.05, 3.63) is 22.4 Å². The van der Waals surface area contributed by atoms with Gasteiger partial charge >= 0.3 is 0 Å². The van der Waals surface area contributed by atoms with Gasteiger partial charge in [-0.2, -0.15) is 0 Å². The lowest BCUT2D eigenvalue weighted by Crippen LogP contribution is -2.27. The molecule has 0 aromatic heterocycles. The number of sulfonamides is 1. The second kappa shape index (κ2) is 4.52. The van der Waals surface area contributed by atoms with Gasteiger partial charge in [0.2, 0.25) is 0 Å². The van der Waals surface area contributed by atoms with Crippen molar-refractivity contribution in [2.45, 2.75) is 11.3 Å². The van der Waals surface area contributed by atoms with Gasteiger partial charge in [0.05, 0.1) is 6.61 Å². The lowest BCUT2D eigenvalue weighted by atomic mass is 10.3.